The van der Waals surface area contributed by atoms with E-state index in [1.807, 2.05) is 0 Å². The van der Waals surface area contributed by atoms with E-state index in [0.29, 0.717) is 32.5 Å². The number of sulfonamides is 1. The van der Waals surface area contributed by atoms with Gasteiger partial charge in [0.05, 0.1) is 21.8 Å². The van der Waals surface area contributed by atoms with E-state index in [0.717, 1.165) is 0 Å². The molecule has 1 heterocycles. The average molecular weight is 390 g/mol. The van der Waals surface area contributed by atoms with Crippen LogP contribution >= 0.6 is 11.6 Å². The SMILES string of the molecule is CCN(C1CCN(C(=O)c2cc([N+](=O)[O-])ccc2Cl)CC1)S(C)(=O)=O. The molecular formula is C15H20ClN3O5S. The first-order chi connectivity index (χ1) is 11.6. The number of carbonyl (C=O) groups is 1. The van der Waals surface area contributed by atoms with Crippen LogP contribution < -0.4 is 0 Å². The molecule has 0 N–H and O–H groups in total. The molecule has 0 atom stereocenters. The second-order valence-corrected chi connectivity index (χ2v) is 8.25. The van der Waals surface area contributed by atoms with Crippen LogP contribution in [0.25, 0.3) is 0 Å². The van der Waals surface area contributed by atoms with Crippen molar-refractivity contribution in [1.29, 1.82) is 0 Å². The van der Waals surface area contributed by atoms with Gasteiger partial charge in [0.15, 0.2) is 0 Å². The van der Waals surface area contributed by atoms with E-state index in [1.54, 1.807) is 11.8 Å². The maximum absolute atomic E-state index is 12.6. The quantitative estimate of drug-likeness (QED) is 0.567. The summed E-state index contributed by atoms with van der Waals surface area (Å²) in [5, 5.41) is 11.0. The molecule has 138 valence electrons. The normalized spacial score (nSPS) is 16.2. The van der Waals surface area contributed by atoms with Crippen molar-refractivity contribution in [2.75, 3.05) is 25.9 Å². The van der Waals surface area contributed by atoms with Gasteiger partial charge in [0.1, 0.15) is 0 Å². The van der Waals surface area contributed by atoms with Gasteiger partial charge in [-0.3, -0.25) is 14.9 Å². The van der Waals surface area contributed by atoms with Crippen LogP contribution in [0.2, 0.25) is 5.02 Å². The summed E-state index contributed by atoms with van der Waals surface area (Å²) < 4.78 is 25.1. The van der Waals surface area contributed by atoms with Gasteiger partial charge in [0.2, 0.25) is 10.0 Å². The van der Waals surface area contributed by atoms with Crippen LogP contribution in [-0.4, -0.2) is 60.4 Å². The maximum Gasteiger partial charge on any atom is 0.270 e. The maximum atomic E-state index is 12.6. The summed E-state index contributed by atoms with van der Waals surface area (Å²) in [4.78, 5) is 24.5. The van der Waals surface area contributed by atoms with Gasteiger partial charge in [-0.1, -0.05) is 18.5 Å². The molecule has 1 aromatic carbocycles. The van der Waals surface area contributed by atoms with Crippen molar-refractivity contribution in [2.24, 2.45) is 0 Å². The van der Waals surface area contributed by atoms with Crippen molar-refractivity contribution in [3.8, 4) is 0 Å². The Morgan fingerprint density at radius 3 is 2.48 bits per heavy atom. The van der Waals surface area contributed by atoms with Gasteiger partial charge in [-0.25, -0.2) is 8.42 Å². The van der Waals surface area contributed by atoms with E-state index >= 15 is 0 Å². The van der Waals surface area contributed by atoms with Crippen LogP contribution in [0.3, 0.4) is 0 Å². The summed E-state index contributed by atoms with van der Waals surface area (Å²) in [6, 6.07) is 3.61. The van der Waals surface area contributed by atoms with Crippen molar-refractivity contribution in [1.82, 2.24) is 9.21 Å². The largest absolute Gasteiger partial charge is 0.338 e. The summed E-state index contributed by atoms with van der Waals surface area (Å²) in [7, 11) is -3.29. The fraction of sp³-hybridized carbons (Fsp3) is 0.533. The molecule has 0 spiro atoms. The van der Waals surface area contributed by atoms with Gasteiger partial charge in [-0.2, -0.15) is 4.31 Å². The number of nitro benzene ring substituents is 1. The highest BCUT2D eigenvalue weighted by atomic mass is 35.5. The summed E-state index contributed by atoms with van der Waals surface area (Å²) in [6.45, 7) is 2.90. The smallest absolute Gasteiger partial charge is 0.270 e. The number of nitrogens with zero attached hydrogens (tertiary/aromatic N) is 3. The van der Waals surface area contributed by atoms with Crippen LogP contribution in [0.15, 0.2) is 18.2 Å². The molecule has 1 aliphatic rings. The van der Waals surface area contributed by atoms with E-state index in [4.69, 9.17) is 11.6 Å². The molecule has 1 fully saturated rings. The number of carbonyl (C=O) groups excluding carboxylic acids is 1. The first-order valence-corrected chi connectivity index (χ1v) is 10.1. The second-order valence-electron chi connectivity index (χ2n) is 5.91. The molecule has 0 aliphatic carbocycles. The van der Waals surface area contributed by atoms with Crippen LogP contribution in [0.1, 0.15) is 30.1 Å². The molecule has 10 heteroatoms. The van der Waals surface area contributed by atoms with E-state index < -0.39 is 14.9 Å². The number of hydrogen-bond acceptors (Lipinski definition) is 5. The molecule has 1 aliphatic heterocycles. The number of halogens is 1. The predicted molar refractivity (Wildman–Crippen MR) is 94.3 cm³/mol. The Hall–Kier alpha value is -1.71. The summed E-state index contributed by atoms with van der Waals surface area (Å²) >= 11 is 6.02. The zero-order valence-corrected chi connectivity index (χ0v) is 15.6. The lowest BCUT2D eigenvalue weighted by atomic mass is 10.0. The van der Waals surface area contributed by atoms with Crippen LogP contribution in [0.4, 0.5) is 5.69 Å². The Kier molecular flexibility index (Phi) is 6.02. The molecule has 0 bridgehead atoms. The third kappa shape index (κ3) is 4.47. The number of benzene rings is 1. The highest BCUT2D eigenvalue weighted by molar-refractivity contribution is 7.88. The van der Waals surface area contributed by atoms with E-state index in [-0.39, 0.29) is 28.2 Å². The first-order valence-electron chi connectivity index (χ1n) is 7.85. The Bertz CT molecular complexity index is 775. The zero-order valence-electron chi connectivity index (χ0n) is 14.0. The molecule has 1 saturated heterocycles. The van der Waals surface area contributed by atoms with Crippen molar-refractivity contribution in [3.63, 3.8) is 0 Å². The molecule has 0 radical (unpaired) electrons. The highest BCUT2D eigenvalue weighted by Gasteiger charge is 2.31. The molecular weight excluding hydrogens is 370 g/mol. The number of likely N-dealkylation sites (tertiary alicyclic amines) is 1. The minimum absolute atomic E-state index is 0.0878. The Morgan fingerprint density at radius 1 is 1.40 bits per heavy atom. The van der Waals surface area contributed by atoms with E-state index in [1.165, 1.54) is 28.8 Å². The summed E-state index contributed by atoms with van der Waals surface area (Å²) in [5.74, 6) is -0.380. The van der Waals surface area contributed by atoms with Gasteiger partial charge < -0.3 is 4.90 Å². The number of non-ortho nitro benzene ring substituents is 1. The van der Waals surface area contributed by atoms with Gasteiger partial charge in [0, 0.05) is 37.8 Å². The predicted octanol–water partition coefficient (Wildman–Crippen LogP) is 2.13. The highest BCUT2D eigenvalue weighted by Crippen LogP contribution is 2.26. The molecule has 0 unspecified atom stereocenters. The van der Waals surface area contributed by atoms with E-state index in [2.05, 4.69) is 0 Å². The van der Waals surface area contributed by atoms with Crippen molar-refractivity contribution < 1.29 is 18.1 Å². The Labute approximate surface area is 151 Å². The third-order valence-electron chi connectivity index (χ3n) is 4.29. The monoisotopic (exact) mass is 389 g/mol. The molecule has 8 nitrogen and oxygen atoms in total. The lowest BCUT2D eigenvalue weighted by molar-refractivity contribution is -0.384. The molecule has 1 amide bonds. The van der Waals surface area contributed by atoms with Crippen molar-refractivity contribution in [2.45, 2.75) is 25.8 Å². The van der Waals surface area contributed by atoms with Gasteiger partial charge in [-0.15, -0.1) is 0 Å². The van der Waals surface area contributed by atoms with Gasteiger partial charge in [-0.05, 0) is 18.9 Å². The van der Waals surface area contributed by atoms with Crippen LogP contribution in [0.5, 0.6) is 0 Å². The summed E-state index contributed by atoms with van der Waals surface area (Å²) in [5.41, 5.74) is -0.110. The molecule has 2 rings (SSSR count). The van der Waals surface area contributed by atoms with Crippen LogP contribution in [0, 0.1) is 10.1 Å². The molecule has 0 saturated carbocycles. The second kappa shape index (κ2) is 7.67. The number of amides is 1. The van der Waals surface area contributed by atoms with Gasteiger partial charge >= 0.3 is 0 Å². The lowest BCUT2D eigenvalue weighted by Crippen LogP contribution is -2.48. The molecule has 25 heavy (non-hydrogen) atoms. The lowest BCUT2D eigenvalue weighted by Gasteiger charge is -2.37. The summed E-state index contributed by atoms with van der Waals surface area (Å²) in [6.07, 6.45) is 2.20. The van der Waals surface area contributed by atoms with E-state index in [9.17, 15) is 23.3 Å². The average Bonchev–Trinajstić information content (AvgIpc) is 2.54. The fourth-order valence-corrected chi connectivity index (χ4v) is 4.50. The fourth-order valence-electron chi connectivity index (χ4n) is 3.08. The van der Waals surface area contributed by atoms with Crippen molar-refractivity contribution in [3.05, 3.63) is 38.9 Å². The Morgan fingerprint density at radius 2 is 2.00 bits per heavy atom. The molecule has 1 aromatic rings. The van der Waals surface area contributed by atoms with Crippen LogP contribution in [-0.2, 0) is 10.0 Å². The molecule has 0 aromatic heterocycles. The topological polar surface area (TPSA) is 101 Å². The number of piperidine rings is 1. The zero-order chi connectivity index (χ0) is 18.8. The Balaban J connectivity index is 2.12. The standard InChI is InChI=1S/C15H20ClN3O5S/c1-3-18(25(2,23)24)11-6-8-17(9-7-11)15(20)13-10-12(19(21)22)4-5-14(13)16/h4-5,10-11H,3,6-9H2,1-2H3. The van der Waals surface area contributed by atoms with Gasteiger partial charge in [0.25, 0.3) is 11.6 Å². The number of rotatable bonds is 5. The first kappa shape index (κ1) is 19.6. The van der Waals surface area contributed by atoms with Crippen molar-refractivity contribution >= 4 is 33.2 Å². The number of nitro groups is 1. The number of hydrogen-bond donors (Lipinski definition) is 0. The third-order valence-corrected chi connectivity index (χ3v) is 6.03. The minimum Gasteiger partial charge on any atom is -0.338 e. The minimum atomic E-state index is -3.29.